The highest BCUT2D eigenvalue weighted by Gasteiger charge is 2.27. The van der Waals surface area contributed by atoms with E-state index in [4.69, 9.17) is 0 Å². The molecule has 2 heterocycles. The second-order valence-corrected chi connectivity index (χ2v) is 6.55. The van der Waals surface area contributed by atoms with E-state index in [9.17, 15) is 0 Å². The van der Waals surface area contributed by atoms with Gasteiger partial charge >= 0.3 is 0 Å². The first-order valence-corrected chi connectivity index (χ1v) is 8.48. The second-order valence-electron chi connectivity index (χ2n) is 6.55. The number of benzene rings is 1. The monoisotopic (exact) mass is 428 g/mol. The zero-order valence-electron chi connectivity index (χ0n) is 14.2. The van der Waals surface area contributed by atoms with Gasteiger partial charge in [0.25, 0.3) is 0 Å². The highest BCUT2D eigenvalue weighted by molar-refractivity contribution is 14.0. The maximum absolute atomic E-state index is 4.50. The number of aliphatic imine (C=N–C) groups is 1. The molecular formula is C18H29IN4. The van der Waals surface area contributed by atoms with Crippen LogP contribution in [0.1, 0.15) is 30.7 Å². The number of nitrogens with one attached hydrogen (secondary N) is 1. The third kappa shape index (κ3) is 4.59. The summed E-state index contributed by atoms with van der Waals surface area (Å²) in [4.78, 5) is 9.36. The van der Waals surface area contributed by atoms with Gasteiger partial charge in [-0.15, -0.1) is 24.0 Å². The van der Waals surface area contributed by atoms with Crippen LogP contribution in [0.5, 0.6) is 0 Å². The summed E-state index contributed by atoms with van der Waals surface area (Å²) in [5.74, 6) is 1.70. The quantitative estimate of drug-likeness (QED) is 0.457. The number of rotatable bonds is 3. The van der Waals surface area contributed by atoms with Crippen LogP contribution in [0.2, 0.25) is 0 Å². The van der Waals surface area contributed by atoms with Crippen LogP contribution in [0, 0.1) is 0 Å². The Balaban J connectivity index is 0.00000192. The molecule has 128 valence electrons. The van der Waals surface area contributed by atoms with Crippen molar-refractivity contribution >= 4 is 29.9 Å². The number of hydrogen-bond acceptors (Lipinski definition) is 2. The highest BCUT2D eigenvalue weighted by Crippen LogP contribution is 2.26. The van der Waals surface area contributed by atoms with Crippen LogP contribution in [-0.4, -0.2) is 62.1 Å². The molecule has 0 spiro atoms. The average Bonchev–Trinajstić information content (AvgIpc) is 3.19. The highest BCUT2D eigenvalue weighted by atomic mass is 127. The fourth-order valence-corrected chi connectivity index (χ4v) is 3.73. The van der Waals surface area contributed by atoms with E-state index in [0.717, 1.165) is 25.6 Å². The molecule has 3 rings (SSSR count). The van der Waals surface area contributed by atoms with Gasteiger partial charge in [-0.2, -0.15) is 0 Å². The molecule has 0 aromatic heterocycles. The first kappa shape index (κ1) is 18.5. The Bertz CT molecular complexity index is 505. The predicted octanol–water partition coefficient (Wildman–Crippen LogP) is 2.76. The fraction of sp³-hybridized carbons (Fsp3) is 0.611. The molecule has 0 saturated carbocycles. The van der Waals surface area contributed by atoms with E-state index in [-0.39, 0.29) is 24.0 Å². The molecule has 2 fully saturated rings. The molecular weight excluding hydrogens is 399 g/mol. The third-order valence-corrected chi connectivity index (χ3v) is 5.14. The zero-order valence-corrected chi connectivity index (χ0v) is 16.6. The average molecular weight is 428 g/mol. The van der Waals surface area contributed by atoms with Gasteiger partial charge in [0, 0.05) is 38.6 Å². The normalized spacial score (nSPS) is 25.5. The molecule has 0 amide bonds. The Labute approximate surface area is 157 Å². The van der Waals surface area contributed by atoms with Gasteiger partial charge in [0.05, 0.1) is 0 Å². The molecule has 2 saturated heterocycles. The lowest BCUT2D eigenvalue weighted by Gasteiger charge is -2.25. The molecule has 0 radical (unpaired) electrons. The van der Waals surface area contributed by atoms with E-state index in [1.165, 1.54) is 31.4 Å². The van der Waals surface area contributed by atoms with Gasteiger partial charge in [-0.25, -0.2) is 0 Å². The summed E-state index contributed by atoms with van der Waals surface area (Å²) >= 11 is 0. The Hall–Kier alpha value is -0.820. The van der Waals surface area contributed by atoms with Crippen molar-refractivity contribution in [3.63, 3.8) is 0 Å². The minimum atomic E-state index is 0. The molecule has 1 N–H and O–H groups in total. The number of likely N-dealkylation sites (N-methyl/N-ethyl adjacent to an activating group) is 1. The summed E-state index contributed by atoms with van der Waals surface area (Å²) in [7, 11) is 4.12. The van der Waals surface area contributed by atoms with Crippen molar-refractivity contribution in [2.75, 3.05) is 40.3 Å². The Kier molecular flexibility index (Phi) is 7.14. The van der Waals surface area contributed by atoms with Crippen LogP contribution in [0.25, 0.3) is 0 Å². The van der Waals surface area contributed by atoms with Crippen molar-refractivity contribution in [1.82, 2.24) is 15.1 Å². The zero-order chi connectivity index (χ0) is 15.4. The molecule has 2 unspecified atom stereocenters. The van der Waals surface area contributed by atoms with Crippen molar-refractivity contribution in [1.29, 1.82) is 0 Å². The van der Waals surface area contributed by atoms with Crippen molar-refractivity contribution in [3.05, 3.63) is 35.9 Å². The van der Waals surface area contributed by atoms with Gasteiger partial charge in [0.1, 0.15) is 0 Å². The second kappa shape index (κ2) is 8.87. The maximum atomic E-state index is 4.50. The largest absolute Gasteiger partial charge is 0.355 e. The summed E-state index contributed by atoms with van der Waals surface area (Å²) in [6.45, 7) is 4.41. The molecule has 1 aromatic carbocycles. The predicted molar refractivity (Wildman–Crippen MR) is 108 cm³/mol. The summed E-state index contributed by atoms with van der Waals surface area (Å²) in [5.41, 5.74) is 1.45. The Morgan fingerprint density at radius 2 is 2.00 bits per heavy atom. The van der Waals surface area contributed by atoms with Gasteiger partial charge < -0.3 is 15.1 Å². The van der Waals surface area contributed by atoms with Crippen molar-refractivity contribution in [2.45, 2.75) is 31.2 Å². The van der Waals surface area contributed by atoms with Gasteiger partial charge in [0.15, 0.2) is 5.96 Å². The van der Waals surface area contributed by atoms with Gasteiger partial charge in [0.2, 0.25) is 0 Å². The number of halogens is 1. The molecule has 2 atom stereocenters. The first-order valence-electron chi connectivity index (χ1n) is 8.48. The molecule has 2 aliphatic rings. The van der Waals surface area contributed by atoms with E-state index in [0.29, 0.717) is 12.0 Å². The van der Waals surface area contributed by atoms with Crippen LogP contribution in [0.15, 0.2) is 35.3 Å². The topological polar surface area (TPSA) is 30.9 Å². The number of nitrogens with zero attached hydrogens (tertiary/aromatic N) is 3. The lowest BCUT2D eigenvalue weighted by Crippen LogP contribution is -2.45. The lowest BCUT2D eigenvalue weighted by molar-refractivity contribution is 0.307. The smallest absolute Gasteiger partial charge is 0.193 e. The maximum Gasteiger partial charge on any atom is 0.193 e. The molecule has 2 aliphatic heterocycles. The molecule has 4 nitrogen and oxygen atoms in total. The standard InChI is InChI=1S/C18H28N4.HI/c1-19-18(20-13-17-9-6-11-21(17)2)22-12-10-16(14-22)15-7-4-3-5-8-15;/h3-5,7-8,16-17H,6,9-14H2,1-2H3,(H,19,20);1H. The van der Waals surface area contributed by atoms with Crippen LogP contribution in [0.3, 0.4) is 0 Å². The van der Waals surface area contributed by atoms with E-state index in [2.05, 4.69) is 57.5 Å². The van der Waals surface area contributed by atoms with Crippen molar-refractivity contribution in [2.24, 2.45) is 4.99 Å². The van der Waals surface area contributed by atoms with Crippen LogP contribution >= 0.6 is 24.0 Å². The minimum Gasteiger partial charge on any atom is -0.355 e. The van der Waals surface area contributed by atoms with E-state index in [1.54, 1.807) is 0 Å². The summed E-state index contributed by atoms with van der Waals surface area (Å²) in [6.07, 6.45) is 3.84. The number of likely N-dealkylation sites (tertiary alicyclic amines) is 2. The molecule has 5 heteroatoms. The summed E-state index contributed by atoms with van der Waals surface area (Å²) < 4.78 is 0. The minimum absolute atomic E-state index is 0. The molecule has 0 bridgehead atoms. The van der Waals surface area contributed by atoms with Gasteiger partial charge in [-0.05, 0) is 38.4 Å². The fourth-order valence-electron chi connectivity index (χ4n) is 3.73. The SMILES string of the molecule is CN=C(NCC1CCCN1C)N1CCC(c2ccccc2)C1.I. The molecule has 1 aromatic rings. The van der Waals surface area contributed by atoms with E-state index >= 15 is 0 Å². The number of hydrogen-bond donors (Lipinski definition) is 1. The third-order valence-electron chi connectivity index (χ3n) is 5.14. The van der Waals surface area contributed by atoms with E-state index < -0.39 is 0 Å². The first-order chi connectivity index (χ1) is 10.8. The Morgan fingerprint density at radius 1 is 1.22 bits per heavy atom. The Morgan fingerprint density at radius 3 is 2.65 bits per heavy atom. The van der Waals surface area contributed by atoms with E-state index in [1.807, 2.05) is 7.05 Å². The van der Waals surface area contributed by atoms with Gasteiger partial charge in [-0.3, -0.25) is 4.99 Å². The molecule has 0 aliphatic carbocycles. The lowest BCUT2D eigenvalue weighted by atomic mass is 9.99. The van der Waals surface area contributed by atoms with Crippen LogP contribution in [0.4, 0.5) is 0 Å². The van der Waals surface area contributed by atoms with Crippen LogP contribution < -0.4 is 5.32 Å². The molecule has 23 heavy (non-hydrogen) atoms. The van der Waals surface area contributed by atoms with Gasteiger partial charge in [-0.1, -0.05) is 30.3 Å². The van der Waals surface area contributed by atoms with Crippen molar-refractivity contribution in [3.8, 4) is 0 Å². The van der Waals surface area contributed by atoms with Crippen molar-refractivity contribution < 1.29 is 0 Å². The number of guanidine groups is 1. The summed E-state index contributed by atoms with van der Waals surface area (Å²) in [6, 6.07) is 11.5. The van der Waals surface area contributed by atoms with Crippen LogP contribution in [-0.2, 0) is 0 Å². The summed E-state index contributed by atoms with van der Waals surface area (Å²) in [5, 5.41) is 3.59.